The fraction of sp³-hybridized carbons (Fsp3) is 0.364. The Morgan fingerprint density at radius 3 is 2.72 bits per heavy atom. The van der Waals surface area contributed by atoms with Gasteiger partial charge >= 0.3 is 0 Å². The molecule has 1 fully saturated rings. The molecule has 7 heteroatoms. The zero-order valence-electron chi connectivity index (χ0n) is 16.4. The first-order chi connectivity index (χ1) is 14.2. The van der Waals surface area contributed by atoms with Crippen molar-refractivity contribution in [1.29, 1.82) is 0 Å². The van der Waals surface area contributed by atoms with Crippen LogP contribution in [0.3, 0.4) is 0 Å². The van der Waals surface area contributed by atoms with E-state index in [2.05, 4.69) is 34.7 Å². The number of amides is 1. The highest BCUT2D eigenvalue weighted by Crippen LogP contribution is 2.32. The Kier molecular flexibility index (Phi) is 5.95. The molecule has 1 amide bonds. The summed E-state index contributed by atoms with van der Waals surface area (Å²) in [6, 6.07) is 13.2. The van der Waals surface area contributed by atoms with Gasteiger partial charge in [-0.25, -0.2) is 4.99 Å². The highest BCUT2D eigenvalue weighted by Gasteiger charge is 2.18. The van der Waals surface area contributed by atoms with Crippen molar-refractivity contribution in [1.82, 2.24) is 5.32 Å². The van der Waals surface area contributed by atoms with E-state index in [0.717, 1.165) is 31.6 Å². The molecule has 2 aromatic carbocycles. The van der Waals surface area contributed by atoms with E-state index in [0.29, 0.717) is 29.6 Å². The number of carbonyl (C=O) groups is 1. The Balaban J connectivity index is 1.48. The van der Waals surface area contributed by atoms with Crippen LogP contribution in [0.25, 0.3) is 0 Å². The molecular formula is C22H25N3O4. The van der Waals surface area contributed by atoms with Crippen molar-refractivity contribution in [3.63, 3.8) is 0 Å². The quantitative estimate of drug-likeness (QED) is 0.599. The second-order valence-corrected chi connectivity index (χ2v) is 7.02. The first kappa shape index (κ1) is 19.3. The zero-order chi connectivity index (χ0) is 20.1. The van der Waals surface area contributed by atoms with E-state index in [1.165, 1.54) is 5.56 Å². The molecule has 2 aromatic rings. The van der Waals surface area contributed by atoms with Crippen molar-refractivity contribution in [3.05, 3.63) is 53.6 Å². The number of nitrogens with zero attached hydrogens (tertiary/aromatic N) is 1. The molecule has 2 aliphatic rings. The van der Waals surface area contributed by atoms with Gasteiger partial charge in [-0.2, -0.15) is 0 Å². The van der Waals surface area contributed by atoms with Gasteiger partial charge < -0.3 is 19.5 Å². The summed E-state index contributed by atoms with van der Waals surface area (Å²) in [6.07, 6.45) is 3.10. The highest BCUT2D eigenvalue weighted by atomic mass is 16.7. The van der Waals surface area contributed by atoms with E-state index in [4.69, 9.17) is 14.2 Å². The van der Waals surface area contributed by atoms with Crippen LogP contribution in [0, 0.1) is 0 Å². The van der Waals surface area contributed by atoms with E-state index >= 15 is 0 Å². The number of anilines is 1. The Labute approximate surface area is 170 Å². The molecule has 2 N–H and O–H groups in total. The third-order valence-electron chi connectivity index (χ3n) is 4.97. The maximum Gasteiger partial charge on any atom is 0.258 e. The van der Waals surface area contributed by atoms with Crippen LogP contribution in [0.15, 0.2) is 47.5 Å². The second-order valence-electron chi connectivity index (χ2n) is 7.02. The number of hydrogen-bond donors (Lipinski definition) is 2. The lowest BCUT2D eigenvalue weighted by molar-refractivity contribution is 0.0975. The molecular weight excluding hydrogens is 370 g/mol. The summed E-state index contributed by atoms with van der Waals surface area (Å²) in [5, 5.41) is 6.09. The van der Waals surface area contributed by atoms with Crippen molar-refractivity contribution in [2.45, 2.75) is 32.3 Å². The Morgan fingerprint density at radius 2 is 1.97 bits per heavy atom. The lowest BCUT2D eigenvalue weighted by Gasteiger charge is -2.14. The van der Waals surface area contributed by atoms with E-state index in [9.17, 15) is 4.79 Å². The summed E-state index contributed by atoms with van der Waals surface area (Å²) in [5.74, 6) is 1.33. The van der Waals surface area contributed by atoms with Crippen LogP contribution in [0.1, 0.15) is 35.7 Å². The van der Waals surface area contributed by atoms with Gasteiger partial charge in [-0.15, -0.1) is 0 Å². The summed E-state index contributed by atoms with van der Waals surface area (Å²) in [4.78, 5) is 17.4. The molecule has 1 atom stereocenters. The van der Waals surface area contributed by atoms with E-state index < -0.39 is 0 Å². The first-order valence-corrected chi connectivity index (χ1v) is 9.94. The number of ether oxygens (including phenoxy) is 3. The second kappa shape index (κ2) is 8.96. The standard InChI is InChI=1S/C22H25N3O4/c1-2-15-5-8-17(9-6-15)24-22(23-13-18-4-3-11-27-18)25-21(26)16-7-10-19-20(12-16)29-14-28-19/h5-10,12,18H,2-4,11,13-14H2,1H3,(H2,23,24,25,26). The largest absolute Gasteiger partial charge is 0.454 e. The van der Waals surface area contributed by atoms with Crippen LogP contribution >= 0.6 is 0 Å². The summed E-state index contributed by atoms with van der Waals surface area (Å²) in [7, 11) is 0. The molecule has 2 aliphatic heterocycles. The summed E-state index contributed by atoms with van der Waals surface area (Å²) >= 11 is 0. The van der Waals surface area contributed by atoms with Gasteiger partial charge in [-0.1, -0.05) is 19.1 Å². The van der Waals surface area contributed by atoms with Crippen molar-refractivity contribution in [2.75, 3.05) is 25.3 Å². The molecule has 0 bridgehead atoms. The number of carbonyl (C=O) groups excluding carboxylic acids is 1. The van der Waals surface area contributed by atoms with Crippen molar-refractivity contribution in [3.8, 4) is 11.5 Å². The monoisotopic (exact) mass is 395 g/mol. The minimum absolute atomic E-state index is 0.0942. The van der Waals surface area contributed by atoms with Gasteiger partial charge in [-0.05, 0) is 55.2 Å². The average Bonchev–Trinajstić information content (AvgIpc) is 3.43. The minimum Gasteiger partial charge on any atom is -0.454 e. The molecule has 29 heavy (non-hydrogen) atoms. The van der Waals surface area contributed by atoms with Gasteiger partial charge in [0.15, 0.2) is 11.5 Å². The summed E-state index contributed by atoms with van der Waals surface area (Å²) < 4.78 is 16.3. The molecule has 0 saturated carbocycles. The average molecular weight is 395 g/mol. The first-order valence-electron chi connectivity index (χ1n) is 9.94. The number of guanidine groups is 1. The van der Waals surface area contributed by atoms with Crippen molar-refractivity contribution in [2.24, 2.45) is 4.99 Å². The van der Waals surface area contributed by atoms with Gasteiger partial charge in [0.25, 0.3) is 5.91 Å². The zero-order valence-corrected chi connectivity index (χ0v) is 16.4. The molecule has 152 valence electrons. The Morgan fingerprint density at radius 1 is 1.14 bits per heavy atom. The van der Waals surface area contributed by atoms with Crippen LogP contribution in [0.5, 0.6) is 11.5 Å². The van der Waals surface area contributed by atoms with E-state index in [1.807, 2.05) is 12.1 Å². The number of rotatable bonds is 5. The third-order valence-corrected chi connectivity index (χ3v) is 4.97. The Bertz CT molecular complexity index is 889. The van der Waals surface area contributed by atoms with Crippen LogP contribution in [-0.4, -0.2) is 37.9 Å². The lowest BCUT2D eigenvalue weighted by Crippen LogP contribution is -2.36. The molecule has 0 radical (unpaired) electrons. The van der Waals surface area contributed by atoms with Crippen LogP contribution < -0.4 is 20.1 Å². The number of fused-ring (bicyclic) bond motifs is 1. The van der Waals surface area contributed by atoms with Gasteiger partial charge in [0.2, 0.25) is 12.8 Å². The summed E-state index contributed by atoms with van der Waals surface area (Å²) in [6.45, 7) is 3.55. The predicted octanol–water partition coefficient (Wildman–Crippen LogP) is 3.35. The minimum atomic E-state index is -0.271. The topological polar surface area (TPSA) is 81.2 Å². The third kappa shape index (κ3) is 4.86. The van der Waals surface area contributed by atoms with E-state index in [1.54, 1.807) is 18.2 Å². The van der Waals surface area contributed by atoms with Gasteiger partial charge in [-0.3, -0.25) is 10.1 Å². The SMILES string of the molecule is CCc1ccc(NC(=NCC2CCCO2)NC(=O)c2ccc3c(c2)OCO3)cc1. The van der Waals surface area contributed by atoms with Gasteiger partial charge in [0.1, 0.15) is 0 Å². The number of aryl methyl sites for hydroxylation is 1. The molecule has 0 aliphatic carbocycles. The molecule has 4 rings (SSSR count). The maximum atomic E-state index is 12.8. The van der Waals surface area contributed by atoms with Crippen molar-refractivity contribution < 1.29 is 19.0 Å². The van der Waals surface area contributed by atoms with Crippen molar-refractivity contribution >= 4 is 17.6 Å². The number of nitrogens with one attached hydrogen (secondary N) is 2. The van der Waals surface area contributed by atoms with Gasteiger partial charge in [0, 0.05) is 17.9 Å². The highest BCUT2D eigenvalue weighted by molar-refractivity contribution is 6.10. The normalized spacial score (nSPS) is 18.0. The fourth-order valence-electron chi connectivity index (χ4n) is 3.27. The number of aliphatic imine (C=N–C) groups is 1. The van der Waals surface area contributed by atoms with E-state index in [-0.39, 0.29) is 18.8 Å². The molecule has 0 aromatic heterocycles. The molecule has 0 spiro atoms. The van der Waals surface area contributed by atoms with Crippen LogP contribution in [-0.2, 0) is 11.2 Å². The summed E-state index contributed by atoms with van der Waals surface area (Å²) in [5.41, 5.74) is 2.58. The van der Waals surface area contributed by atoms with Gasteiger partial charge in [0.05, 0.1) is 12.6 Å². The van der Waals surface area contributed by atoms with Crippen LogP contribution in [0.2, 0.25) is 0 Å². The smallest absolute Gasteiger partial charge is 0.258 e. The molecule has 7 nitrogen and oxygen atoms in total. The number of hydrogen-bond acceptors (Lipinski definition) is 5. The molecule has 1 unspecified atom stereocenters. The number of benzene rings is 2. The Hall–Kier alpha value is -3.06. The molecule has 1 saturated heterocycles. The predicted molar refractivity (Wildman–Crippen MR) is 111 cm³/mol. The molecule has 2 heterocycles. The fourth-order valence-corrected chi connectivity index (χ4v) is 3.27. The lowest BCUT2D eigenvalue weighted by atomic mass is 10.1. The van der Waals surface area contributed by atoms with Crippen LogP contribution in [0.4, 0.5) is 5.69 Å². The maximum absolute atomic E-state index is 12.8.